The van der Waals surface area contributed by atoms with E-state index < -0.39 is 40.5 Å². The minimum Gasteiger partial charge on any atom is -0.444 e. The molecule has 11 nitrogen and oxygen atoms in total. The van der Waals surface area contributed by atoms with Gasteiger partial charge < -0.3 is 19.3 Å². The van der Waals surface area contributed by atoms with E-state index in [0.29, 0.717) is 43.6 Å². The number of benzene rings is 1. The molecule has 0 spiro atoms. The SMILES string of the molecule is CC(C)N(CC1CCN(c2c(F)cc3c(=O)n(NC(=O)OC(C)(C)C)c(=O)n(C4CC4)c3c2Cl)C1)C(=O)OC(C)(C)C. The van der Waals surface area contributed by atoms with Crippen LogP contribution in [0.4, 0.5) is 19.7 Å². The first kappa shape index (κ1) is 31.7. The second-order valence-corrected chi connectivity index (χ2v) is 13.8. The summed E-state index contributed by atoms with van der Waals surface area (Å²) in [5.74, 6) is -0.703. The lowest BCUT2D eigenvalue weighted by Crippen LogP contribution is -2.48. The maximum atomic E-state index is 15.8. The van der Waals surface area contributed by atoms with Crippen molar-refractivity contribution in [3.63, 3.8) is 0 Å². The number of amides is 2. The zero-order valence-corrected chi connectivity index (χ0v) is 26.3. The quantitative estimate of drug-likeness (QED) is 0.476. The topological polar surface area (TPSA) is 115 Å². The molecular weight excluding hydrogens is 569 g/mol. The van der Waals surface area contributed by atoms with Crippen molar-refractivity contribution in [3.05, 3.63) is 37.7 Å². The highest BCUT2D eigenvalue weighted by atomic mass is 35.5. The van der Waals surface area contributed by atoms with E-state index in [4.69, 9.17) is 21.1 Å². The number of halogens is 2. The highest BCUT2D eigenvalue weighted by molar-refractivity contribution is 6.38. The number of nitrogens with one attached hydrogen (secondary N) is 1. The number of rotatable bonds is 6. The minimum absolute atomic E-state index is 0.0164. The van der Waals surface area contributed by atoms with Crippen molar-refractivity contribution >= 4 is 40.4 Å². The van der Waals surface area contributed by atoms with Crippen LogP contribution in [0.25, 0.3) is 10.9 Å². The van der Waals surface area contributed by atoms with Gasteiger partial charge in [-0.2, -0.15) is 4.68 Å². The summed E-state index contributed by atoms with van der Waals surface area (Å²) in [7, 11) is 0. The van der Waals surface area contributed by atoms with Crippen LogP contribution >= 0.6 is 11.6 Å². The molecule has 1 aliphatic heterocycles. The molecule has 1 aliphatic carbocycles. The number of aromatic nitrogens is 2. The predicted molar refractivity (Wildman–Crippen MR) is 160 cm³/mol. The first-order valence-electron chi connectivity index (χ1n) is 14.3. The number of ether oxygens (including phenoxy) is 2. The van der Waals surface area contributed by atoms with E-state index in [1.807, 2.05) is 34.6 Å². The summed E-state index contributed by atoms with van der Waals surface area (Å²) < 4.78 is 28.4. The molecule has 1 aromatic carbocycles. The first-order chi connectivity index (χ1) is 19.4. The van der Waals surface area contributed by atoms with Gasteiger partial charge in [0, 0.05) is 31.7 Å². The number of hydrogen-bond acceptors (Lipinski definition) is 7. The lowest BCUT2D eigenvalue weighted by molar-refractivity contribution is 0.0162. The lowest BCUT2D eigenvalue weighted by atomic mass is 10.1. The average molecular weight is 610 g/mol. The largest absolute Gasteiger partial charge is 0.444 e. The van der Waals surface area contributed by atoms with Crippen LogP contribution in [0, 0.1) is 11.7 Å². The summed E-state index contributed by atoms with van der Waals surface area (Å²) >= 11 is 6.83. The number of nitrogens with zero attached hydrogens (tertiary/aromatic N) is 4. The van der Waals surface area contributed by atoms with Gasteiger partial charge in [-0.1, -0.05) is 11.6 Å². The van der Waals surface area contributed by atoms with Crippen LogP contribution in [0.3, 0.4) is 0 Å². The van der Waals surface area contributed by atoms with Gasteiger partial charge in [-0.05, 0) is 86.6 Å². The average Bonchev–Trinajstić information content (AvgIpc) is 3.56. The van der Waals surface area contributed by atoms with E-state index in [9.17, 15) is 19.2 Å². The summed E-state index contributed by atoms with van der Waals surface area (Å²) in [5, 5.41) is -0.167. The van der Waals surface area contributed by atoms with Gasteiger partial charge in [0.2, 0.25) is 0 Å². The molecule has 232 valence electrons. The number of carbonyl (C=O) groups excluding carboxylic acids is 2. The van der Waals surface area contributed by atoms with Gasteiger partial charge in [0.25, 0.3) is 5.56 Å². The number of anilines is 1. The maximum absolute atomic E-state index is 15.8. The van der Waals surface area contributed by atoms with Crippen LogP contribution < -0.4 is 21.6 Å². The second kappa shape index (κ2) is 11.4. The van der Waals surface area contributed by atoms with Crippen LogP contribution in [0.15, 0.2) is 15.7 Å². The van der Waals surface area contributed by atoms with E-state index in [1.54, 1.807) is 30.6 Å². The highest BCUT2D eigenvalue weighted by Crippen LogP contribution is 2.42. The number of hydrogen-bond donors (Lipinski definition) is 1. The molecule has 2 amide bonds. The molecule has 2 fully saturated rings. The molecule has 1 unspecified atom stereocenters. The predicted octanol–water partition coefficient (Wildman–Crippen LogP) is 5.24. The molecule has 1 N–H and O–H groups in total. The molecule has 42 heavy (non-hydrogen) atoms. The molecular formula is C29H41ClFN5O6. The molecule has 0 radical (unpaired) electrons. The third kappa shape index (κ3) is 6.85. The van der Waals surface area contributed by atoms with Crippen molar-refractivity contribution in [2.24, 2.45) is 5.92 Å². The van der Waals surface area contributed by atoms with Crippen LogP contribution in [-0.4, -0.2) is 63.2 Å². The van der Waals surface area contributed by atoms with E-state index in [1.165, 1.54) is 4.57 Å². The molecule has 1 saturated heterocycles. The zero-order chi connectivity index (χ0) is 31.3. The van der Waals surface area contributed by atoms with Crippen molar-refractivity contribution in [2.75, 3.05) is 30.0 Å². The summed E-state index contributed by atoms with van der Waals surface area (Å²) in [6.07, 6.45) is 0.623. The fraction of sp³-hybridized carbons (Fsp3) is 0.655. The van der Waals surface area contributed by atoms with Gasteiger partial charge in [0.1, 0.15) is 17.0 Å². The Morgan fingerprint density at radius 3 is 2.26 bits per heavy atom. The van der Waals surface area contributed by atoms with Crippen LogP contribution in [0.5, 0.6) is 0 Å². The Bertz CT molecular complexity index is 1500. The number of fused-ring (bicyclic) bond motifs is 1. The Morgan fingerprint density at radius 2 is 1.71 bits per heavy atom. The van der Waals surface area contributed by atoms with E-state index >= 15 is 4.39 Å². The second-order valence-electron chi connectivity index (χ2n) is 13.4. The summed E-state index contributed by atoms with van der Waals surface area (Å²) in [4.78, 5) is 55.6. The van der Waals surface area contributed by atoms with Crippen molar-refractivity contribution in [1.82, 2.24) is 14.1 Å². The highest BCUT2D eigenvalue weighted by Gasteiger charge is 2.35. The lowest BCUT2D eigenvalue weighted by Gasteiger charge is -2.32. The molecule has 2 aromatic rings. The molecule has 1 saturated carbocycles. The summed E-state index contributed by atoms with van der Waals surface area (Å²) in [6.45, 7) is 15.5. The van der Waals surface area contributed by atoms with E-state index in [0.717, 1.165) is 6.07 Å². The van der Waals surface area contributed by atoms with Crippen LogP contribution in [0.2, 0.25) is 5.02 Å². The maximum Gasteiger partial charge on any atom is 0.427 e. The monoisotopic (exact) mass is 609 g/mol. The van der Waals surface area contributed by atoms with Crippen molar-refractivity contribution < 1.29 is 23.5 Å². The minimum atomic E-state index is -0.989. The third-order valence-corrected chi connectivity index (χ3v) is 7.42. The zero-order valence-electron chi connectivity index (χ0n) is 25.5. The van der Waals surface area contributed by atoms with Gasteiger partial charge in [0.05, 0.1) is 21.6 Å². The van der Waals surface area contributed by atoms with E-state index in [-0.39, 0.29) is 39.6 Å². The van der Waals surface area contributed by atoms with Gasteiger partial charge >= 0.3 is 17.9 Å². The Hall–Kier alpha value is -3.28. The molecule has 13 heteroatoms. The van der Waals surface area contributed by atoms with Crippen molar-refractivity contribution in [1.29, 1.82) is 0 Å². The molecule has 1 atom stereocenters. The Kier molecular flexibility index (Phi) is 8.61. The number of carbonyl (C=O) groups is 2. The Balaban J connectivity index is 1.68. The molecule has 2 aliphatic rings. The third-order valence-electron chi connectivity index (χ3n) is 7.06. The van der Waals surface area contributed by atoms with Crippen LogP contribution in [-0.2, 0) is 9.47 Å². The van der Waals surface area contributed by atoms with Gasteiger partial charge in [-0.15, -0.1) is 0 Å². The summed E-state index contributed by atoms with van der Waals surface area (Å²) in [5.41, 5.74) is -0.750. The standard InChI is InChI=1S/C29H41ClFN5O6/c1-16(2)34(27(40)42-29(6,7)8)15-17-11-12-33(14-17)23-20(31)13-19-22(21(23)30)35(18-9-10-18)26(39)36(24(19)37)32-25(38)41-28(3,4)5/h13,16-18H,9-12,14-15H2,1-8H3,(H,32,38). The first-order valence-corrected chi connectivity index (χ1v) is 14.7. The molecule has 0 bridgehead atoms. The Labute approximate surface area is 249 Å². The van der Waals surface area contributed by atoms with Gasteiger partial charge in [-0.3, -0.25) is 9.36 Å². The summed E-state index contributed by atoms with van der Waals surface area (Å²) in [6, 6.07) is 0.723. The fourth-order valence-electron chi connectivity index (χ4n) is 5.14. The van der Waals surface area contributed by atoms with E-state index in [2.05, 4.69) is 5.43 Å². The normalized spacial score (nSPS) is 17.6. The smallest absolute Gasteiger partial charge is 0.427 e. The fourth-order valence-corrected chi connectivity index (χ4v) is 5.54. The molecule has 4 rings (SSSR count). The Morgan fingerprint density at radius 1 is 1.10 bits per heavy atom. The molecule has 1 aromatic heterocycles. The van der Waals surface area contributed by atoms with Crippen molar-refractivity contribution in [2.45, 2.75) is 97.9 Å². The van der Waals surface area contributed by atoms with Crippen LogP contribution in [0.1, 0.15) is 80.7 Å². The van der Waals surface area contributed by atoms with Crippen molar-refractivity contribution in [3.8, 4) is 0 Å². The molecule has 2 heterocycles. The van der Waals surface area contributed by atoms with Gasteiger partial charge in [0.15, 0.2) is 0 Å². The van der Waals surface area contributed by atoms with Gasteiger partial charge in [-0.25, -0.2) is 24.2 Å².